The number of halogens is 2. The molecule has 0 N–H and O–H groups in total. The van der Waals surface area contributed by atoms with E-state index in [-0.39, 0.29) is 0 Å². The van der Waals surface area contributed by atoms with Gasteiger partial charge in [-0.3, -0.25) is 0 Å². The number of ether oxygens (including phenoxy) is 1. The molecule has 0 saturated heterocycles. The van der Waals surface area contributed by atoms with Crippen molar-refractivity contribution in [3.05, 3.63) is 58.6 Å². The van der Waals surface area contributed by atoms with Crippen molar-refractivity contribution in [1.29, 1.82) is 5.26 Å². The van der Waals surface area contributed by atoms with E-state index >= 15 is 0 Å². The molecule has 0 heterocycles. The Morgan fingerprint density at radius 3 is 2.37 bits per heavy atom. The van der Waals surface area contributed by atoms with Crippen LogP contribution in [0.4, 0.5) is 0 Å². The highest BCUT2D eigenvalue weighted by Gasteiger charge is 2.04. The van der Waals surface area contributed by atoms with Crippen molar-refractivity contribution in [2.45, 2.75) is 11.8 Å². The van der Waals surface area contributed by atoms with Gasteiger partial charge in [-0.2, -0.15) is 5.26 Å². The fraction of sp³-hybridized carbons (Fsp3) is 0.133. The van der Waals surface area contributed by atoms with Gasteiger partial charge in [0.1, 0.15) is 11.5 Å². The van der Waals surface area contributed by atoms with E-state index in [1.165, 1.54) is 0 Å². The molecule has 2 nitrogen and oxygen atoms in total. The maximum atomic E-state index is 8.61. The molecule has 19 heavy (non-hydrogen) atoms. The van der Waals surface area contributed by atoms with Crippen LogP contribution in [0.1, 0.15) is 11.1 Å². The summed E-state index contributed by atoms with van der Waals surface area (Å²) in [5.74, 6) is 1.33. The SMILES string of the molecule is N#CCc1ccc(Oc2ccc(CBr)cc2Cl)cc1. The second-order valence-corrected chi connectivity index (χ2v) is 4.95. The molecular weight excluding hydrogens is 326 g/mol. The predicted molar refractivity (Wildman–Crippen MR) is 79.9 cm³/mol. The Balaban J connectivity index is 2.15. The standard InChI is InChI=1S/C15H11BrClNO/c16-10-12-3-6-15(14(17)9-12)19-13-4-1-11(2-5-13)7-8-18/h1-6,9H,7,10H2. The first-order valence-corrected chi connectivity index (χ1v) is 7.21. The van der Waals surface area contributed by atoms with Gasteiger partial charge in [0.25, 0.3) is 0 Å². The van der Waals surface area contributed by atoms with Gasteiger partial charge < -0.3 is 4.74 Å². The van der Waals surface area contributed by atoms with Crippen molar-refractivity contribution in [1.82, 2.24) is 0 Å². The summed E-state index contributed by atoms with van der Waals surface area (Å²) in [6, 6.07) is 15.2. The third kappa shape index (κ3) is 3.73. The fourth-order valence-corrected chi connectivity index (χ4v) is 2.19. The molecule has 0 unspecified atom stereocenters. The summed E-state index contributed by atoms with van der Waals surface area (Å²) >= 11 is 9.53. The lowest BCUT2D eigenvalue weighted by Crippen LogP contribution is -1.88. The Labute approximate surface area is 125 Å². The van der Waals surface area contributed by atoms with E-state index < -0.39 is 0 Å². The van der Waals surface area contributed by atoms with Crippen molar-refractivity contribution in [3.63, 3.8) is 0 Å². The molecule has 0 amide bonds. The summed E-state index contributed by atoms with van der Waals surface area (Å²) in [6.45, 7) is 0. The van der Waals surface area contributed by atoms with Gasteiger partial charge in [0, 0.05) is 5.33 Å². The van der Waals surface area contributed by atoms with Crippen molar-refractivity contribution in [2.24, 2.45) is 0 Å². The van der Waals surface area contributed by atoms with Gasteiger partial charge in [-0.05, 0) is 35.4 Å². The molecule has 0 saturated carbocycles. The maximum absolute atomic E-state index is 8.61. The smallest absolute Gasteiger partial charge is 0.146 e. The van der Waals surface area contributed by atoms with E-state index in [0.717, 1.165) is 16.5 Å². The van der Waals surface area contributed by atoms with E-state index in [4.69, 9.17) is 21.6 Å². The first-order valence-electron chi connectivity index (χ1n) is 5.71. The lowest BCUT2D eigenvalue weighted by molar-refractivity contribution is 0.482. The average molecular weight is 337 g/mol. The Morgan fingerprint density at radius 1 is 1.11 bits per heavy atom. The molecule has 4 heteroatoms. The average Bonchev–Trinajstić information content (AvgIpc) is 2.43. The van der Waals surface area contributed by atoms with Crippen LogP contribution in [0.25, 0.3) is 0 Å². The van der Waals surface area contributed by atoms with Crippen LogP contribution < -0.4 is 4.74 Å². The lowest BCUT2D eigenvalue weighted by atomic mass is 10.2. The van der Waals surface area contributed by atoms with Gasteiger partial charge in [0.2, 0.25) is 0 Å². The zero-order valence-corrected chi connectivity index (χ0v) is 12.4. The summed E-state index contributed by atoms with van der Waals surface area (Å²) in [6.07, 6.45) is 0.404. The van der Waals surface area contributed by atoms with Gasteiger partial charge in [0.15, 0.2) is 0 Å². The van der Waals surface area contributed by atoms with Crippen molar-refractivity contribution in [3.8, 4) is 17.6 Å². The maximum Gasteiger partial charge on any atom is 0.146 e. The minimum atomic E-state index is 0.404. The second-order valence-electron chi connectivity index (χ2n) is 3.98. The first-order chi connectivity index (χ1) is 9.22. The quantitative estimate of drug-likeness (QED) is 0.728. The van der Waals surface area contributed by atoms with Crippen LogP contribution in [0.2, 0.25) is 5.02 Å². The van der Waals surface area contributed by atoms with Gasteiger partial charge in [-0.1, -0.05) is 45.7 Å². The third-order valence-corrected chi connectivity index (χ3v) is 3.53. The Bertz CT molecular complexity index is 605. The highest BCUT2D eigenvalue weighted by molar-refractivity contribution is 9.08. The van der Waals surface area contributed by atoms with Gasteiger partial charge in [-0.25, -0.2) is 0 Å². The molecule has 0 aromatic heterocycles. The van der Waals surface area contributed by atoms with Crippen LogP contribution in [0.5, 0.6) is 11.5 Å². The van der Waals surface area contributed by atoms with E-state index in [2.05, 4.69) is 22.0 Å². The van der Waals surface area contributed by atoms with Crippen LogP contribution in [-0.2, 0) is 11.8 Å². The molecular formula is C15H11BrClNO. The second kappa shape index (κ2) is 6.60. The van der Waals surface area contributed by atoms with Crippen LogP contribution in [-0.4, -0.2) is 0 Å². The number of alkyl halides is 1. The fourth-order valence-electron chi connectivity index (χ4n) is 1.60. The summed E-state index contributed by atoms with van der Waals surface area (Å²) in [5, 5.41) is 9.95. The number of benzene rings is 2. The lowest BCUT2D eigenvalue weighted by Gasteiger charge is -2.08. The van der Waals surface area contributed by atoms with Gasteiger partial charge in [0.05, 0.1) is 17.5 Å². The van der Waals surface area contributed by atoms with E-state index in [1.54, 1.807) is 0 Å². The molecule has 0 bridgehead atoms. The number of rotatable bonds is 4. The van der Waals surface area contributed by atoms with Crippen LogP contribution in [0.15, 0.2) is 42.5 Å². The van der Waals surface area contributed by atoms with Crippen LogP contribution in [0, 0.1) is 11.3 Å². The zero-order valence-electron chi connectivity index (χ0n) is 10.1. The predicted octanol–water partition coefficient (Wildman–Crippen LogP) is 5.09. The number of hydrogen-bond acceptors (Lipinski definition) is 2. The number of hydrogen-bond donors (Lipinski definition) is 0. The number of nitrogens with zero attached hydrogens (tertiary/aromatic N) is 1. The number of nitriles is 1. The highest BCUT2D eigenvalue weighted by Crippen LogP contribution is 2.30. The van der Waals surface area contributed by atoms with Gasteiger partial charge in [-0.15, -0.1) is 0 Å². The van der Waals surface area contributed by atoms with Gasteiger partial charge >= 0.3 is 0 Å². The summed E-state index contributed by atoms with van der Waals surface area (Å²) in [7, 11) is 0. The molecule has 0 aliphatic heterocycles. The van der Waals surface area contributed by atoms with Crippen molar-refractivity contribution in [2.75, 3.05) is 0 Å². The molecule has 96 valence electrons. The highest BCUT2D eigenvalue weighted by atomic mass is 79.9. The molecule has 2 aromatic carbocycles. The Kier molecular flexibility index (Phi) is 4.84. The third-order valence-electron chi connectivity index (χ3n) is 2.58. The minimum Gasteiger partial charge on any atom is -0.456 e. The molecule has 2 rings (SSSR count). The summed E-state index contributed by atoms with van der Waals surface area (Å²) < 4.78 is 5.71. The molecule has 0 aliphatic rings. The van der Waals surface area contributed by atoms with E-state index in [9.17, 15) is 0 Å². The Morgan fingerprint density at radius 2 is 1.79 bits per heavy atom. The van der Waals surface area contributed by atoms with Crippen molar-refractivity contribution >= 4 is 27.5 Å². The molecule has 0 atom stereocenters. The summed E-state index contributed by atoms with van der Waals surface area (Å²) in [4.78, 5) is 0. The molecule has 0 fully saturated rings. The molecule has 2 aromatic rings. The zero-order chi connectivity index (χ0) is 13.7. The molecule has 0 radical (unpaired) electrons. The Hall–Kier alpha value is -1.50. The molecule has 0 aliphatic carbocycles. The molecule has 0 spiro atoms. The van der Waals surface area contributed by atoms with Crippen LogP contribution in [0.3, 0.4) is 0 Å². The minimum absolute atomic E-state index is 0.404. The summed E-state index contributed by atoms with van der Waals surface area (Å²) in [5.41, 5.74) is 2.07. The topological polar surface area (TPSA) is 33.0 Å². The largest absolute Gasteiger partial charge is 0.456 e. The first kappa shape index (κ1) is 13.9. The van der Waals surface area contributed by atoms with Crippen molar-refractivity contribution < 1.29 is 4.74 Å². The van der Waals surface area contributed by atoms with Crippen LogP contribution >= 0.6 is 27.5 Å². The monoisotopic (exact) mass is 335 g/mol. The van der Waals surface area contributed by atoms with E-state index in [1.807, 2.05) is 42.5 Å². The normalized spacial score (nSPS) is 9.95. The van der Waals surface area contributed by atoms with E-state index in [0.29, 0.717) is 22.9 Å².